The van der Waals surface area contributed by atoms with Crippen LogP contribution in [0, 0.1) is 0 Å². The van der Waals surface area contributed by atoms with Crippen LogP contribution >= 0.6 is 0 Å². The Bertz CT molecular complexity index is 553. The maximum atomic E-state index is 11.7. The highest BCUT2D eigenvalue weighted by molar-refractivity contribution is 7.92. The molecule has 6 nitrogen and oxygen atoms in total. The number of hydrogen-bond donors (Lipinski definition) is 2. The zero-order valence-electron chi connectivity index (χ0n) is 10.8. The minimum absolute atomic E-state index is 0.0287. The first-order valence-electron chi connectivity index (χ1n) is 5.82. The second-order valence-electron chi connectivity index (χ2n) is 3.97. The molecule has 0 unspecified atom stereocenters. The zero-order chi connectivity index (χ0) is 14.5. The molecule has 0 radical (unpaired) electrons. The van der Waals surface area contributed by atoms with Gasteiger partial charge in [-0.3, -0.25) is 4.72 Å². The Labute approximate surface area is 112 Å². The maximum absolute atomic E-state index is 11.7. The van der Waals surface area contributed by atoms with Crippen molar-refractivity contribution in [2.45, 2.75) is 19.8 Å². The molecule has 0 heterocycles. The Hall–Kier alpha value is -1.76. The van der Waals surface area contributed by atoms with Crippen molar-refractivity contribution >= 4 is 21.7 Å². The molecule has 0 saturated carbocycles. The molecule has 0 spiro atoms. The standard InChI is InChI=1S/C12H17NO5S/c1-3-4-8-19(16,17)13-10-7-5-6-9(11(10)14)12(15)18-2/h5-7,13-14H,3-4,8H2,1-2H3. The van der Waals surface area contributed by atoms with Gasteiger partial charge in [-0.25, -0.2) is 13.2 Å². The summed E-state index contributed by atoms with van der Waals surface area (Å²) in [5.41, 5.74) is -0.114. The highest BCUT2D eigenvalue weighted by Crippen LogP contribution is 2.28. The number of rotatable bonds is 6. The van der Waals surface area contributed by atoms with Crippen LogP contribution in [0.15, 0.2) is 18.2 Å². The number of phenolic OH excluding ortho intramolecular Hbond substituents is 1. The number of esters is 1. The minimum Gasteiger partial charge on any atom is -0.505 e. The number of anilines is 1. The topological polar surface area (TPSA) is 92.7 Å². The summed E-state index contributed by atoms with van der Waals surface area (Å²) in [6, 6.07) is 4.19. The average Bonchev–Trinajstić information content (AvgIpc) is 2.38. The summed E-state index contributed by atoms with van der Waals surface area (Å²) in [7, 11) is -2.35. The molecule has 1 aromatic rings. The van der Waals surface area contributed by atoms with Crippen molar-refractivity contribution in [1.29, 1.82) is 0 Å². The molecular weight excluding hydrogens is 270 g/mol. The number of sulfonamides is 1. The predicted molar refractivity (Wildman–Crippen MR) is 71.8 cm³/mol. The van der Waals surface area contributed by atoms with Gasteiger partial charge in [0.15, 0.2) is 5.75 Å². The lowest BCUT2D eigenvalue weighted by molar-refractivity contribution is 0.0597. The van der Waals surface area contributed by atoms with E-state index in [0.717, 1.165) is 6.42 Å². The molecule has 0 aliphatic rings. The fraction of sp³-hybridized carbons (Fsp3) is 0.417. The number of benzene rings is 1. The summed E-state index contributed by atoms with van der Waals surface area (Å²) in [6.07, 6.45) is 1.27. The molecule has 7 heteroatoms. The van der Waals surface area contributed by atoms with Gasteiger partial charge in [0.2, 0.25) is 10.0 Å². The van der Waals surface area contributed by atoms with Crippen LogP contribution in [0.3, 0.4) is 0 Å². The van der Waals surface area contributed by atoms with Crippen LogP contribution < -0.4 is 4.72 Å². The summed E-state index contributed by atoms with van der Waals surface area (Å²) < 4.78 is 30.2. The van der Waals surface area contributed by atoms with E-state index in [1.165, 1.54) is 25.3 Å². The maximum Gasteiger partial charge on any atom is 0.341 e. The predicted octanol–water partition coefficient (Wildman–Crippen LogP) is 1.72. The fourth-order valence-electron chi connectivity index (χ4n) is 1.45. The Morgan fingerprint density at radius 2 is 2.11 bits per heavy atom. The van der Waals surface area contributed by atoms with Crippen LogP contribution in [-0.4, -0.2) is 32.4 Å². The van der Waals surface area contributed by atoms with Crippen molar-refractivity contribution in [3.8, 4) is 5.75 Å². The molecule has 1 aromatic carbocycles. The van der Waals surface area contributed by atoms with Gasteiger partial charge in [0.05, 0.1) is 18.6 Å². The average molecular weight is 287 g/mol. The van der Waals surface area contributed by atoms with Crippen LogP contribution in [0.25, 0.3) is 0 Å². The smallest absolute Gasteiger partial charge is 0.341 e. The Balaban J connectivity index is 3.00. The van der Waals surface area contributed by atoms with E-state index in [2.05, 4.69) is 9.46 Å². The monoisotopic (exact) mass is 287 g/mol. The molecule has 0 fully saturated rings. The van der Waals surface area contributed by atoms with E-state index in [1.54, 1.807) is 0 Å². The molecule has 19 heavy (non-hydrogen) atoms. The van der Waals surface area contributed by atoms with Crippen molar-refractivity contribution in [3.63, 3.8) is 0 Å². The van der Waals surface area contributed by atoms with E-state index in [-0.39, 0.29) is 17.0 Å². The molecule has 0 amide bonds. The van der Waals surface area contributed by atoms with Crippen LogP contribution in [0.1, 0.15) is 30.1 Å². The summed E-state index contributed by atoms with van der Waals surface area (Å²) in [5, 5.41) is 9.85. The summed E-state index contributed by atoms with van der Waals surface area (Å²) >= 11 is 0. The first kappa shape index (κ1) is 15.3. The Morgan fingerprint density at radius 3 is 2.68 bits per heavy atom. The molecule has 0 bridgehead atoms. The van der Waals surface area contributed by atoms with Crippen molar-refractivity contribution in [2.24, 2.45) is 0 Å². The number of para-hydroxylation sites is 1. The third-order valence-electron chi connectivity index (χ3n) is 2.47. The second-order valence-corrected chi connectivity index (χ2v) is 5.81. The van der Waals surface area contributed by atoms with Gasteiger partial charge in [-0.05, 0) is 18.6 Å². The largest absolute Gasteiger partial charge is 0.505 e. The van der Waals surface area contributed by atoms with Crippen LogP contribution in [-0.2, 0) is 14.8 Å². The van der Waals surface area contributed by atoms with E-state index in [0.29, 0.717) is 6.42 Å². The van der Waals surface area contributed by atoms with Crippen molar-refractivity contribution in [2.75, 3.05) is 17.6 Å². The van der Waals surface area contributed by atoms with Crippen LogP contribution in [0.2, 0.25) is 0 Å². The van der Waals surface area contributed by atoms with Gasteiger partial charge in [0.25, 0.3) is 0 Å². The molecule has 1 rings (SSSR count). The molecule has 0 aromatic heterocycles. The van der Waals surface area contributed by atoms with E-state index >= 15 is 0 Å². The molecule has 0 aliphatic heterocycles. The van der Waals surface area contributed by atoms with Crippen LogP contribution in [0.4, 0.5) is 5.69 Å². The molecule has 2 N–H and O–H groups in total. The first-order chi connectivity index (χ1) is 8.91. The molecule has 0 aliphatic carbocycles. The van der Waals surface area contributed by atoms with Gasteiger partial charge in [-0.2, -0.15) is 0 Å². The summed E-state index contributed by atoms with van der Waals surface area (Å²) in [5.74, 6) is -1.20. The molecule has 0 saturated heterocycles. The number of hydrogen-bond acceptors (Lipinski definition) is 5. The quantitative estimate of drug-likeness (QED) is 0.614. The fourth-order valence-corrected chi connectivity index (χ4v) is 2.72. The number of aromatic hydroxyl groups is 1. The van der Waals surface area contributed by atoms with Gasteiger partial charge < -0.3 is 9.84 Å². The van der Waals surface area contributed by atoms with E-state index < -0.39 is 21.7 Å². The third-order valence-corrected chi connectivity index (χ3v) is 3.83. The Morgan fingerprint density at radius 1 is 1.42 bits per heavy atom. The van der Waals surface area contributed by atoms with Crippen molar-refractivity contribution in [3.05, 3.63) is 23.8 Å². The van der Waals surface area contributed by atoms with E-state index in [1.807, 2.05) is 6.92 Å². The minimum atomic E-state index is -3.53. The lowest BCUT2D eigenvalue weighted by Gasteiger charge is -2.11. The Kier molecular flexibility index (Phi) is 5.17. The number of methoxy groups -OCH3 is 1. The number of carbonyl (C=O) groups excluding carboxylic acids is 1. The van der Waals surface area contributed by atoms with Gasteiger partial charge in [-0.15, -0.1) is 0 Å². The molecule has 0 atom stereocenters. The number of unbranched alkanes of at least 4 members (excludes halogenated alkanes) is 1. The zero-order valence-corrected chi connectivity index (χ0v) is 11.7. The van der Waals surface area contributed by atoms with Gasteiger partial charge in [-0.1, -0.05) is 19.4 Å². The summed E-state index contributed by atoms with van der Waals surface area (Å²) in [4.78, 5) is 11.4. The number of phenols is 1. The van der Waals surface area contributed by atoms with Gasteiger partial charge >= 0.3 is 5.97 Å². The lowest BCUT2D eigenvalue weighted by Crippen LogP contribution is -2.17. The van der Waals surface area contributed by atoms with E-state index in [9.17, 15) is 18.3 Å². The van der Waals surface area contributed by atoms with Crippen molar-refractivity contribution in [1.82, 2.24) is 0 Å². The molecule has 106 valence electrons. The summed E-state index contributed by atoms with van der Waals surface area (Å²) in [6.45, 7) is 1.88. The normalized spacial score (nSPS) is 11.1. The number of nitrogens with one attached hydrogen (secondary N) is 1. The molecular formula is C12H17NO5S. The van der Waals surface area contributed by atoms with Crippen molar-refractivity contribution < 1.29 is 23.1 Å². The second kappa shape index (κ2) is 6.42. The van der Waals surface area contributed by atoms with Crippen LogP contribution in [0.5, 0.6) is 5.75 Å². The number of ether oxygens (including phenoxy) is 1. The van der Waals surface area contributed by atoms with Gasteiger partial charge in [0, 0.05) is 0 Å². The first-order valence-corrected chi connectivity index (χ1v) is 7.47. The van der Waals surface area contributed by atoms with E-state index in [4.69, 9.17) is 0 Å². The van der Waals surface area contributed by atoms with Gasteiger partial charge in [0.1, 0.15) is 5.56 Å². The highest BCUT2D eigenvalue weighted by atomic mass is 32.2. The third kappa shape index (κ3) is 4.13. The number of carbonyl (C=O) groups is 1. The SMILES string of the molecule is CCCCS(=O)(=O)Nc1cccc(C(=O)OC)c1O. The lowest BCUT2D eigenvalue weighted by atomic mass is 10.2. The highest BCUT2D eigenvalue weighted by Gasteiger charge is 2.18.